The zero-order valence-electron chi connectivity index (χ0n) is 13.0. The highest BCUT2D eigenvalue weighted by Gasteiger charge is 2.17. The van der Waals surface area contributed by atoms with Crippen LogP contribution >= 0.6 is 23.2 Å². The largest absolute Gasteiger partial charge is 0.486 e. The van der Waals surface area contributed by atoms with Gasteiger partial charge in [-0.15, -0.1) is 0 Å². The van der Waals surface area contributed by atoms with Gasteiger partial charge in [-0.05, 0) is 12.1 Å². The second-order valence-electron chi connectivity index (χ2n) is 5.51. The van der Waals surface area contributed by atoms with Gasteiger partial charge in [0.1, 0.15) is 6.61 Å². The maximum absolute atomic E-state index is 9.83. The summed E-state index contributed by atoms with van der Waals surface area (Å²) in [5.74, 6) is 1.10. The number of nitrogens with zero attached hydrogens (tertiary/aromatic N) is 3. The van der Waals surface area contributed by atoms with Crippen molar-refractivity contribution in [3.05, 3.63) is 46.2 Å². The van der Waals surface area contributed by atoms with Crippen LogP contribution in [0, 0.1) is 0 Å². The Morgan fingerprint density at radius 1 is 1.25 bits per heavy atom. The summed E-state index contributed by atoms with van der Waals surface area (Å²) in [6.07, 6.45) is 2.78. The van der Waals surface area contributed by atoms with E-state index in [4.69, 9.17) is 27.9 Å². The average molecular weight is 369 g/mol. The van der Waals surface area contributed by atoms with Gasteiger partial charge in [-0.2, -0.15) is 0 Å². The third kappa shape index (κ3) is 4.27. The van der Waals surface area contributed by atoms with E-state index >= 15 is 0 Å². The third-order valence-corrected chi connectivity index (χ3v) is 4.42. The standard InChI is InChI=1S/C16H18Cl2N4O2/c17-14-2-1-3-15(18)13(14)10-24-12-7-20-16(21-8-12)22-5-4-19-6-11(23)9-22/h1-3,7-8,11,19,23H,4-6,9-10H2. The van der Waals surface area contributed by atoms with Crippen molar-refractivity contribution in [1.29, 1.82) is 0 Å². The fourth-order valence-corrected chi connectivity index (χ4v) is 2.95. The van der Waals surface area contributed by atoms with Gasteiger partial charge in [0.2, 0.25) is 5.95 Å². The summed E-state index contributed by atoms with van der Waals surface area (Å²) >= 11 is 12.2. The van der Waals surface area contributed by atoms with Gasteiger partial charge in [0, 0.05) is 41.8 Å². The lowest BCUT2D eigenvalue weighted by atomic mass is 10.2. The van der Waals surface area contributed by atoms with E-state index in [9.17, 15) is 5.11 Å². The van der Waals surface area contributed by atoms with Crippen molar-refractivity contribution in [2.24, 2.45) is 0 Å². The van der Waals surface area contributed by atoms with Crippen molar-refractivity contribution in [1.82, 2.24) is 15.3 Å². The molecule has 24 heavy (non-hydrogen) atoms. The molecule has 2 heterocycles. The van der Waals surface area contributed by atoms with E-state index in [2.05, 4.69) is 15.3 Å². The summed E-state index contributed by atoms with van der Waals surface area (Å²) in [7, 11) is 0. The first-order chi connectivity index (χ1) is 11.6. The topological polar surface area (TPSA) is 70.5 Å². The highest BCUT2D eigenvalue weighted by Crippen LogP contribution is 2.25. The first-order valence-electron chi connectivity index (χ1n) is 7.65. The predicted molar refractivity (Wildman–Crippen MR) is 93.9 cm³/mol. The molecule has 1 fully saturated rings. The highest BCUT2D eigenvalue weighted by atomic mass is 35.5. The third-order valence-electron chi connectivity index (χ3n) is 3.71. The van der Waals surface area contributed by atoms with E-state index in [1.165, 1.54) is 0 Å². The molecule has 0 aliphatic carbocycles. The minimum atomic E-state index is -0.436. The Morgan fingerprint density at radius 3 is 2.67 bits per heavy atom. The maximum atomic E-state index is 9.83. The molecule has 6 nitrogen and oxygen atoms in total. The van der Waals surface area contributed by atoms with E-state index in [1.54, 1.807) is 30.6 Å². The number of rotatable bonds is 4. The van der Waals surface area contributed by atoms with Crippen LogP contribution in [0.3, 0.4) is 0 Å². The van der Waals surface area contributed by atoms with Gasteiger partial charge in [-0.3, -0.25) is 0 Å². The number of ether oxygens (including phenoxy) is 1. The van der Waals surface area contributed by atoms with Crippen LogP contribution in [0.2, 0.25) is 10.0 Å². The Hall–Kier alpha value is -1.60. The van der Waals surface area contributed by atoms with Crippen molar-refractivity contribution in [3.63, 3.8) is 0 Å². The molecule has 0 saturated carbocycles. The molecule has 8 heteroatoms. The first-order valence-corrected chi connectivity index (χ1v) is 8.40. The molecular weight excluding hydrogens is 351 g/mol. The fourth-order valence-electron chi connectivity index (χ4n) is 2.45. The number of β-amino-alcohol motifs (C(OH)–C–C–N with tert-alkyl or cyclic N) is 1. The lowest BCUT2D eigenvalue weighted by Gasteiger charge is -2.21. The van der Waals surface area contributed by atoms with E-state index in [0.29, 0.717) is 34.8 Å². The molecule has 0 bridgehead atoms. The van der Waals surface area contributed by atoms with Crippen molar-refractivity contribution in [3.8, 4) is 5.75 Å². The van der Waals surface area contributed by atoms with Crippen molar-refractivity contribution >= 4 is 29.2 Å². The minimum absolute atomic E-state index is 0.244. The van der Waals surface area contributed by atoms with Crippen molar-refractivity contribution in [2.75, 3.05) is 31.1 Å². The van der Waals surface area contributed by atoms with Gasteiger partial charge in [-0.25, -0.2) is 9.97 Å². The number of halogens is 2. The molecule has 128 valence electrons. The second-order valence-corrected chi connectivity index (χ2v) is 6.33. The lowest BCUT2D eigenvalue weighted by molar-refractivity contribution is 0.184. The molecule has 1 aromatic carbocycles. The Bertz CT molecular complexity index is 664. The molecule has 1 aliphatic heterocycles. The second kappa shape index (κ2) is 7.98. The predicted octanol–water partition coefficient (Wildman–Crippen LogP) is 2.13. The number of hydrogen-bond acceptors (Lipinski definition) is 6. The number of aromatic nitrogens is 2. The Morgan fingerprint density at radius 2 is 1.96 bits per heavy atom. The lowest BCUT2D eigenvalue weighted by Crippen LogP contribution is -2.33. The normalized spacial score (nSPS) is 18.3. The van der Waals surface area contributed by atoms with Gasteiger partial charge < -0.3 is 20.1 Å². The van der Waals surface area contributed by atoms with Crippen molar-refractivity contribution in [2.45, 2.75) is 12.7 Å². The fraction of sp³-hybridized carbons (Fsp3) is 0.375. The van der Waals surface area contributed by atoms with Crippen LogP contribution in [0.25, 0.3) is 0 Å². The van der Waals surface area contributed by atoms with Crippen LogP contribution in [-0.4, -0.2) is 47.4 Å². The molecule has 1 unspecified atom stereocenters. The van der Waals surface area contributed by atoms with Gasteiger partial charge in [0.25, 0.3) is 0 Å². The molecule has 1 aromatic heterocycles. The molecule has 0 amide bonds. The number of anilines is 1. The zero-order valence-corrected chi connectivity index (χ0v) is 14.5. The number of benzene rings is 1. The van der Waals surface area contributed by atoms with Gasteiger partial charge in [0.15, 0.2) is 5.75 Å². The number of aliphatic hydroxyl groups excluding tert-OH is 1. The monoisotopic (exact) mass is 368 g/mol. The molecule has 1 aliphatic rings. The van der Waals surface area contributed by atoms with Crippen LogP contribution in [0.15, 0.2) is 30.6 Å². The Labute approximate surface area is 150 Å². The average Bonchev–Trinajstić information content (AvgIpc) is 2.79. The van der Waals surface area contributed by atoms with E-state index in [0.717, 1.165) is 18.7 Å². The summed E-state index contributed by atoms with van der Waals surface area (Å²) in [6, 6.07) is 5.32. The van der Waals surface area contributed by atoms with Gasteiger partial charge in [0.05, 0.1) is 18.5 Å². The molecule has 0 spiro atoms. The van der Waals surface area contributed by atoms with Gasteiger partial charge in [-0.1, -0.05) is 29.3 Å². The van der Waals surface area contributed by atoms with Crippen LogP contribution in [0.5, 0.6) is 5.75 Å². The molecular formula is C16H18Cl2N4O2. The summed E-state index contributed by atoms with van der Waals surface area (Å²) in [5.41, 5.74) is 0.728. The number of hydrogen-bond donors (Lipinski definition) is 2. The Kier molecular flexibility index (Phi) is 5.73. The Balaban J connectivity index is 1.64. The quantitative estimate of drug-likeness (QED) is 0.861. The molecule has 2 aromatic rings. The summed E-state index contributed by atoms with van der Waals surface area (Å²) < 4.78 is 5.67. The van der Waals surface area contributed by atoms with E-state index < -0.39 is 6.10 Å². The van der Waals surface area contributed by atoms with Crippen LogP contribution < -0.4 is 15.0 Å². The summed E-state index contributed by atoms with van der Waals surface area (Å²) in [6.45, 7) is 2.85. The van der Waals surface area contributed by atoms with E-state index in [1.807, 2.05) is 4.90 Å². The molecule has 1 atom stereocenters. The SMILES string of the molecule is OC1CNCCN(c2ncc(OCc3c(Cl)cccc3Cl)cn2)C1. The first kappa shape index (κ1) is 17.2. The molecule has 2 N–H and O–H groups in total. The zero-order chi connectivity index (χ0) is 16.9. The number of aliphatic hydroxyl groups is 1. The molecule has 0 radical (unpaired) electrons. The molecule has 3 rings (SSSR count). The number of nitrogens with one attached hydrogen (secondary N) is 1. The van der Waals surface area contributed by atoms with Crippen molar-refractivity contribution < 1.29 is 9.84 Å². The minimum Gasteiger partial charge on any atom is -0.486 e. The highest BCUT2D eigenvalue weighted by molar-refractivity contribution is 6.35. The summed E-state index contributed by atoms with van der Waals surface area (Å²) in [4.78, 5) is 10.6. The van der Waals surface area contributed by atoms with Crippen LogP contribution in [0.1, 0.15) is 5.56 Å². The van der Waals surface area contributed by atoms with E-state index in [-0.39, 0.29) is 6.61 Å². The summed E-state index contributed by atoms with van der Waals surface area (Å²) in [5, 5.41) is 14.1. The maximum Gasteiger partial charge on any atom is 0.225 e. The van der Waals surface area contributed by atoms with Crippen LogP contribution in [0.4, 0.5) is 5.95 Å². The smallest absolute Gasteiger partial charge is 0.225 e. The van der Waals surface area contributed by atoms with Crippen LogP contribution in [-0.2, 0) is 6.61 Å². The molecule has 1 saturated heterocycles. The van der Waals surface area contributed by atoms with Gasteiger partial charge >= 0.3 is 0 Å².